The Morgan fingerprint density at radius 1 is 1.29 bits per heavy atom. The van der Waals surface area contributed by atoms with Gasteiger partial charge in [-0.1, -0.05) is 12.1 Å². The van der Waals surface area contributed by atoms with Crippen molar-refractivity contribution in [2.75, 3.05) is 5.32 Å². The average Bonchev–Trinajstić information content (AvgIpc) is 2.86. The van der Waals surface area contributed by atoms with Gasteiger partial charge in [0.2, 0.25) is 0 Å². The van der Waals surface area contributed by atoms with E-state index in [0.717, 1.165) is 5.56 Å². The Morgan fingerprint density at radius 3 is 2.48 bits per heavy atom. The molecule has 0 radical (unpaired) electrons. The summed E-state index contributed by atoms with van der Waals surface area (Å²) in [5.41, 5.74) is 2.01. The molecule has 0 aliphatic rings. The number of nitrogens with one attached hydrogen (secondary N) is 2. The molecule has 1 aromatic carbocycles. The van der Waals surface area contributed by atoms with Crippen molar-refractivity contribution in [1.82, 2.24) is 10.2 Å². The van der Waals surface area contributed by atoms with Gasteiger partial charge in [0.1, 0.15) is 5.60 Å². The largest absolute Gasteiger partial charge is 0.444 e. The molecule has 1 heterocycles. The number of nitrogens with zero attached hydrogens (tertiary/aromatic N) is 1. The summed E-state index contributed by atoms with van der Waals surface area (Å²) >= 11 is 0. The van der Waals surface area contributed by atoms with E-state index < -0.39 is 11.7 Å². The molecule has 2 aromatic rings. The Labute approximate surface area is 122 Å². The molecule has 0 saturated carbocycles. The standard InChI is InChI=1S/C15H17N3O3/c1-15(2,3)21-14(20)16-11-6-4-10(5-7-11)13-8-12(9-19)17-18-13/h4-9H,1-3H3,(H,16,20)(H,17,18). The third kappa shape index (κ3) is 4.17. The van der Waals surface area contributed by atoms with E-state index >= 15 is 0 Å². The molecule has 0 atom stereocenters. The number of aldehydes is 1. The molecule has 0 unspecified atom stereocenters. The molecular formula is C15H17N3O3. The number of anilines is 1. The first-order chi connectivity index (χ1) is 9.87. The summed E-state index contributed by atoms with van der Waals surface area (Å²) in [6, 6.07) is 8.75. The number of carbonyl (C=O) groups excluding carboxylic acids is 2. The Morgan fingerprint density at radius 2 is 1.95 bits per heavy atom. The van der Waals surface area contributed by atoms with Crippen molar-refractivity contribution in [3.8, 4) is 11.3 Å². The number of carbonyl (C=O) groups is 2. The number of hydrogen-bond donors (Lipinski definition) is 2. The third-order valence-corrected chi connectivity index (χ3v) is 2.55. The van der Waals surface area contributed by atoms with E-state index in [2.05, 4.69) is 15.5 Å². The lowest BCUT2D eigenvalue weighted by Crippen LogP contribution is -2.27. The Kier molecular flexibility index (Phi) is 4.07. The van der Waals surface area contributed by atoms with Gasteiger partial charge in [0.25, 0.3) is 0 Å². The van der Waals surface area contributed by atoms with Crippen LogP contribution in [0.15, 0.2) is 30.3 Å². The number of hydrogen-bond acceptors (Lipinski definition) is 4. The minimum atomic E-state index is -0.537. The highest BCUT2D eigenvalue weighted by molar-refractivity contribution is 5.85. The molecule has 0 aliphatic heterocycles. The van der Waals surface area contributed by atoms with Crippen molar-refractivity contribution in [1.29, 1.82) is 0 Å². The molecule has 0 spiro atoms. The SMILES string of the molecule is CC(C)(C)OC(=O)Nc1ccc(-c2cc(C=O)[nH]n2)cc1. The number of amides is 1. The summed E-state index contributed by atoms with van der Waals surface area (Å²) in [7, 11) is 0. The van der Waals surface area contributed by atoms with Crippen LogP contribution >= 0.6 is 0 Å². The van der Waals surface area contributed by atoms with Crippen molar-refractivity contribution in [3.05, 3.63) is 36.0 Å². The molecule has 1 aromatic heterocycles. The maximum atomic E-state index is 11.6. The lowest BCUT2D eigenvalue weighted by molar-refractivity contribution is 0.0636. The van der Waals surface area contributed by atoms with Gasteiger partial charge in [0.05, 0.1) is 11.4 Å². The maximum absolute atomic E-state index is 11.6. The normalized spacial score (nSPS) is 11.0. The topological polar surface area (TPSA) is 84.1 Å². The van der Waals surface area contributed by atoms with Crippen LogP contribution in [0.1, 0.15) is 31.3 Å². The van der Waals surface area contributed by atoms with E-state index in [4.69, 9.17) is 4.74 Å². The van der Waals surface area contributed by atoms with Gasteiger partial charge >= 0.3 is 6.09 Å². The second-order valence-electron chi connectivity index (χ2n) is 5.53. The average molecular weight is 287 g/mol. The van der Waals surface area contributed by atoms with Gasteiger partial charge in [0, 0.05) is 11.3 Å². The summed E-state index contributed by atoms with van der Waals surface area (Å²) in [6.07, 6.45) is 0.202. The van der Waals surface area contributed by atoms with Gasteiger partial charge in [-0.15, -0.1) is 0 Å². The Balaban J connectivity index is 2.05. The van der Waals surface area contributed by atoms with Crippen LogP contribution in [0.4, 0.5) is 10.5 Å². The van der Waals surface area contributed by atoms with Gasteiger partial charge in [-0.05, 0) is 39.0 Å². The zero-order chi connectivity index (χ0) is 15.5. The molecule has 1 amide bonds. The number of ether oxygens (including phenoxy) is 1. The fourth-order valence-corrected chi connectivity index (χ4v) is 1.69. The highest BCUT2D eigenvalue weighted by atomic mass is 16.6. The Hall–Kier alpha value is -2.63. The third-order valence-electron chi connectivity index (χ3n) is 2.55. The molecule has 0 fully saturated rings. The van der Waals surface area contributed by atoms with E-state index in [1.54, 1.807) is 51.1 Å². The first-order valence-electron chi connectivity index (χ1n) is 6.48. The number of aromatic nitrogens is 2. The van der Waals surface area contributed by atoms with Crippen LogP contribution in [-0.4, -0.2) is 28.2 Å². The van der Waals surface area contributed by atoms with Crippen molar-refractivity contribution in [3.63, 3.8) is 0 Å². The second kappa shape index (κ2) is 5.78. The van der Waals surface area contributed by atoms with Gasteiger partial charge in [-0.3, -0.25) is 15.2 Å². The zero-order valence-corrected chi connectivity index (χ0v) is 12.1. The van der Waals surface area contributed by atoms with E-state index in [-0.39, 0.29) is 0 Å². The van der Waals surface area contributed by atoms with Gasteiger partial charge in [0.15, 0.2) is 6.29 Å². The minimum Gasteiger partial charge on any atom is -0.444 e. The molecule has 0 bridgehead atoms. The summed E-state index contributed by atoms with van der Waals surface area (Å²) in [4.78, 5) is 22.2. The molecule has 21 heavy (non-hydrogen) atoms. The van der Waals surface area contributed by atoms with Crippen molar-refractivity contribution in [2.24, 2.45) is 0 Å². The maximum Gasteiger partial charge on any atom is 0.412 e. The predicted octanol–water partition coefficient (Wildman–Crippen LogP) is 3.24. The quantitative estimate of drug-likeness (QED) is 0.849. The molecule has 110 valence electrons. The van der Waals surface area contributed by atoms with Crippen molar-refractivity contribution < 1.29 is 14.3 Å². The number of aromatic amines is 1. The number of H-pyrrole nitrogens is 1. The molecule has 0 saturated heterocycles. The summed E-state index contributed by atoms with van der Waals surface area (Å²) in [5, 5.41) is 9.29. The van der Waals surface area contributed by atoms with Crippen LogP contribution in [-0.2, 0) is 4.74 Å². The monoisotopic (exact) mass is 287 g/mol. The second-order valence-corrected chi connectivity index (χ2v) is 5.53. The van der Waals surface area contributed by atoms with Gasteiger partial charge < -0.3 is 4.74 Å². The van der Waals surface area contributed by atoms with E-state index in [1.807, 2.05) is 0 Å². The zero-order valence-electron chi connectivity index (χ0n) is 12.1. The summed E-state index contributed by atoms with van der Waals surface area (Å²) in [5.74, 6) is 0. The van der Waals surface area contributed by atoms with E-state index in [0.29, 0.717) is 23.4 Å². The molecule has 0 aliphatic carbocycles. The predicted molar refractivity (Wildman–Crippen MR) is 79.3 cm³/mol. The fourth-order valence-electron chi connectivity index (χ4n) is 1.69. The number of benzene rings is 1. The molecule has 2 rings (SSSR count). The lowest BCUT2D eigenvalue weighted by Gasteiger charge is -2.19. The minimum absolute atomic E-state index is 0.418. The van der Waals surface area contributed by atoms with Crippen LogP contribution in [0.2, 0.25) is 0 Å². The Bertz CT molecular complexity index is 639. The van der Waals surface area contributed by atoms with Crippen LogP contribution in [0.25, 0.3) is 11.3 Å². The van der Waals surface area contributed by atoms with E-state index in [9.17, 15) is 9.59 Å². The van der Waals surface area contributed by atoms with Crippen molar-refractivity contribution >= 4 is 18.1 Å². The number of rotatable bonds is 3. The smallest absolute Gasteiger partial charge is 0.412 e. The van der Waals surface area contributed by atoms with Gasteiger partial charge in [-0.25, -0.2) is 4.79 Å². The summed E-state index contributed by atoms with van der Waals surface area (Å²) in [6.45, 7) is 5.41. The van der Waals surface area contributed by atoms with E-state index in [1.165, 1.54) is 0 Å². The molecule has 6 nitrogen and oxygen atoms in total. The van der Waals surface area contributed by atoms with Crippen LogP contribution < -0.4 is 5.32 Å². The molecule has 2 N–H and O–H groups in total. The van der Waals surface area contributed by atoms with Crippen molar-refractivity contribution in [2.45, 2.75) is 26.4 Å². The first kappa shape index (κ1) is 14.8. The highest BCUT2D eigenvalue weighted by Gasteiger charge is 2.16. The molecular weight excluding hydrogens is 270 g/mol. The lowest BCUT2D eigenvalue weighted by atomic mass is 10.1. The first-order valence-corrected chi connectivity index (χ1v) is 6.48. The van der Waals surface area contributed by atoms with Crippen LogP contribution in [0, 0.1) is 0 Å². The van der Waals surface area contributed by atoms with Crippen LogP contribution in [0.3, 0.4) is 0 Å². The summed E-state index contributed by atoms with van der Waals surface area (Å²) < 4.78 is 5.17. The fraction of sp³-hybridized carbons (Fsp3) is 0.267. The van der Waals surface area contributed by atoms with Crippen LogP contribution in [0.5, 0.6) is 0 Å². The highest BCUT2D eigenvalue weighted by Crippen LogP contribution is 2.20. The van der Waals surface area contributed by atoms with Gasteiger partial charge in [-0.2, -0.15) is 5.10 Å². The molecule has 6 heteroatoms.